The van der Waals surface area contributed by atoms with E-state index in [9.17, 15) is 4.79 Å². The Morgan fingerprint density at radius 1 is 1.09 bits per heavy atom. The van der Waals surface area contributed by atoms with Crippen LogP contribution in [0.25, 0.3) is 0 Å². The number of benzene rings is 2. The van der Waals surface area contributed by atoms with Crippen LogP contribution in [0.3, 0.4) is 0 Å². The summed E-state index contributed by atoms with van der Waals surface area (Å²) in [6.45, 7) is 0.456. The van der Waals surface area contributed by atoms with Gasteiger partial charge in [-0.15, -0.1) is 5.10 Å². The van der Waals surface area contributed by atoms with Crippen molar-refractivity contribution in [1.29, 1.82) is 0 Å². The number of hydroxylamine groups is 1. The Morgan fingerprint density at radius 3 is 2.48 bits per heavy atom. The highest BCUT2D eigenvalue weighted by atomic mass is 16.5. The number of para-hydroxylation sites is 1. The molecule has 0 radical (unpaired) electrons. The van der Waals surface area contributed by atoms with Crippen molar-refractivity contribution in [2.45, 2.75) is 6.54 Å². The summed E-state index contributed by atoms with van der Waals surface area (Å²) in [6, 6.07) is 17.1. The van der Waals surface area contributed by atoms with E-state index >= 15 is 0 Å². The van der Waals surface area contributed by atoms with Gasteiger partial charge in [-0.25, -0.2) is 10.2 Å². The highest BCUT2D eigenvalue weighted by Crippen LogP contribution is 2.21. The van der Waals surface area contributed by atoms with Crippen LogP contribution in [0.5, 0.6) is 11.5 Å². The fourth-order valence-corrected chi connectivity index (χ4v) is 2.01. The molecule has 1 heterocycles. The highest BCUT2D eigenvalue weighted by Gasteiger charge is 2.09. The van der Waals surface area contributed by atoms with Gasteiger partial charge in [0.25, 0.3) is 5.91 Å². The number of rotatable bonds is 5. The van der Waals surface area contributed by atoms with E-state index in [2.05, 4.69) is 10.3 Å². The van der Waals surface area contributed by atoms with Gasteiger partial charge in [0.1, 0.15) is 11.5 Å². The third-order valence-corrected chi connectivity index (χ3v) is 3.12. The quantitative estimate of drug-likeness (QED) is 0.557. The van der Waals surface area contributed by atoms with Crippen molar-refractivity contribution in [3.05, 3.63) is 72.1 Å². The molecule has 0 saturated heterocycles. The van der Waals surface area contributed by atoms with Crippen molar-refractivity contribution in [3.63, 3.8) is 0 Å². The van der Waals surface area contributed by atoms with Crippen LogP contribution < -0.4 is 10.2 Å². The molecule has 0 aliphatic carbocycles. The molecule has 2 aromatic carbocycles. The van der Waals surface area contributed by atoms with Crippen LogP contribution in [0, 0.1) is 0 Å². The van der Waals surface area contributed by atoms with Gasteiger partial charge in [0, 0.05) is 0 Å². The first-order valence-corrected chi connectivity index (χ1v) is 6.91. The number of carbonyl (C=O) groups is 1. The predicted octanol–water partition coefficient (Wildman–Crippen LogP) is 2.24. The lowest BCUT2D eigenvalue weighted by atomic mass is 10.2. The summed E-state index contributed by atoms with van der Waals surface area (Å²) < 4.78 is 7.23. The minimum atomic E-state index is -0.692. The van der Waals surface area contributed by atoms with Crippen molar-refractivity contribution in [2.24, 2.45) is 0 Å². The zero-order chi connectivity index (χ0) is 16.1. The molecule has 7 heteroatoms. The largest absolute Gasteiger partial charge is 0.457 e. The maximum absolute atomic E-state index is 11.2. The van der Waals surface area contributed by atoms with Gasteiger partial charge in [-0.3, -0.25) is 10.0 Å². The molecule has 0 bridgehead atoms. The maximum Gasteiger partial charge on any atom is 0.296 e. The number of nitrogens with one attached hydrogen (secondary N) is 1. The molecule has 0 unspecified atom stereocenters. The zero-order valence-electron chi connectivity index (χ0n) is 12.1. The number of ether oxygens (including phenoxy) is 1. The Labute approximate surface area is 132 Å². The van der Waals surface area contributed by atoms with Crippen LogP contribution in [0.1, 0.15) is 16.1 Å². The Bertz CT molecular complexity index is 785. The van der Waals surface area contributed by atoms with Crippen LogP contribution in [0.15, 0.2) is 60.8 Å². The highest BCUT2D eigenvalue weighted by molar-refractivity contribution is 5.90. The zero-order valence-corrected chi connectivity index (χ0v) is 12.1. The first-order valence-electron chi connectivity index (χ1n) is 6.91. The normalized spacial score (nSPS) is 10.3. The molecule has 0 atom stereocenters. The van der Waals surface area contributed by atoms with Crippen LogP contribution in [0.4, 0.5) is 0 Å². The molecule has 3 aromatic rings. The van der Waals surface area contributed by atoms with Crippen molar-refractivity contribution in [1.82, 2.24) is 20.5 Å². The van der Waals surface area contributed by atoms with Gasteiger partial charge in [0.2, 0.25) is 0 Å². The molecule has 0 spiro atoms. The van der Waals surface area contributed by atoms with Gasteiger partial charge < -0.3 is 4.74 Å². The molecule has 116 valence electrons. The molecule has 2 N–H and O–H groups in total. The Hall–Kier alpha value is -3.19. The topological polar surface area (TPSA) is 89.3 Å². The van der Waals surface area contributed by atoms with E-state index in [-0.39, 0.29) is 5.69 Å². The molecule has 3 rings (SSSR count). The van der Waals surface area contributed by atoms with E-state index < -0.39 is 5.91 Å². The van der Waals surface area contributed by atoms with E-state index in [0.29, 0.717) is 6.54 Å². The number of carbonyl (C=O) groups excluding carboxylic acids is 1. The second kappa shape index (κ2) is 6.71. The van der Waals surface area contributed by atoms with E-state index in [4.69, 9.17) is 9.94 Å². The smallest absolute Gasteiger partial charge is 0.296 e. The second-order valence-corrected chi connectivity index (χ2v) is 4.80. The first-order chi connectivity index (χ1) is 11.2. The number of nitrogens with zero attached hydrogens (tertiary/aromatic N) is 3. The summed E-state index contributed by atoms with van der Waals surface area (Å²) in [4.78, 5) is 11.2. The number of amides is 1. The molecule has 7 nitrogen and oxygen atoms in total. The van der Waals surface area contributed by atoms with Crippen molar-refractivity contribution >= 4 is 5.91 Å². The van der Waals surface area contributed by atoms with Gasteiger partial charge in [-0.1, -0.05) is 35.5 Å². The predicted molar refractivity (Wildman–Crippen MR) is 81.3 cm³/mol. The number of aromatic nitrogens is 3. The summed E-state index contributed by atoms with van der Waals surface area (Å²) in [6.07, 6.45) is 1.46. The van der Waals surface area contributed by atoms with Crippen molar-refractivity contribution < 1.29 is 14.7 Å². The molecular formula is C16H14N4O3. The molecule has 1 aromatic heterocycles. The average molecular weight is 310 g/mol. The molecule has 0 aliphatic rings. The Morgan fingerprint density at radius 2 is 1.78 bits per heavy atom. The lowest BCUT2D eigenvalue weighted by Crippen LogP contribution is -2.18. The minimum absolute atomic E-state index is 0.0523. The van der Waals surface area contributed by atoms with Crippen molar-refractivity contribution in [2.75, 3.05) is 0 Å². The van der Waals surface area contributed by atoms with E-state index in [1.54, 1.807) is 0 Å². The van der Waals surface area contributed by atoms with E-state index in [1.807, 2.05) is 54.6 Å². The van der Waals surface area contributed by atoms with Crippen molar-refractivity contribution in [3.8, 4) is 11.5 Å². The third-order valence-electron chi connectivity index (χ3n) is 3.12. The second-order valence-electron chi connectivity index (χ2n) is 4.80. The Kier molecular flexibility index (Phi) is 4.30. The van der Waals surface area contributed by atoms with Crippen LogP contribution in [-0.2, 0) is 6.54 Å². The van der Waals surface area contributed by atoms with Crippen LogP contribution in [-0.4, -0.2) is 26.1 Å². The molecule has 1 amide bonds. The summed E-state index contributed by atoms with van der Waals surface area (Å²) in [5.41, 5.74) is 2.55. The first kappa shape index (κ1) is 14.7. The summed E-state index contributed by atoms with van der Waals surface area (Å²) in [5.74, 6) is 0.818. The molecule has 0 aliphatic heterocycles. The van der Waals surface area contributed by atoms with Gasteiger partial charge in [0.15, 0.2) is 5.69 Å². The summed E-state index contributed by atoms with van der Waals surface area (Å²) in [7, 11) is 0. The molecule has 0 fully saturated rings. The number of hydrogen-bond acceptors (Lipinski definition) is 5. The lowest BCUT2D eigenvalue weighted by Gasteiger charge is -2.06. The van der Waals surface area contributed by atoms with E-state index in [0.717, 1.165) is 17.1 Å². The molecule has 23 heavy (non-hydrogen) atoms. The standard InChI is InChI=1S/C16H14N4O3/c21-16(18-22)15-11-20(19-17-15)10-12-6-8-14(9-7-12)23-13-4-2-1-3-5-13/h1-9,11,22H,10H2,(H,18,21). The third kappa shape index (κ3) is 3.72. The van der Waals surface area contributed by atoms with Crippen LogP contribution in [0.2, 0.25) is 0 Å². The van der Waals surface area contributed by atoms with Gasteiger partial charge in [-0.05, 0) is 29.8 Å². The van der Waals surface area contributed by atoms with Crippen LogP contribution >= 0.6 is 0 Å². The monoisotopic (exact) mass is 310 g/mol. The van der Waals surface area contributed by atoms with E-state index in [1.165, 1.54) is 16.4 Å². The summed E-state index contributed by atoms with van der Waals surface area (Å²) in [5, 5.41) is 16.1. The maximum atomic E-state index is 11.2. The fourth-order valence-electron chi connectivity index (χ4n) is 2.01. The van der Waals surface area contributed by atoms with Gasteiger partial charge in [0.05, 0.1) is 12.7 Å². The van der Waals surface area contributed by atoms with Gasteiger partial charge in [-0.2, -0.15) is 0 Å². The molecular weight excluding hydrogens is 296 g/mol. The fraction of sp³-hybridized carbons (Fsp3) is 0.0625. The lowest BCUT2D eigenvalue weighted by molar-refractivity contribution is 0.0700. The summed E-state index contributed by atoms with van der Waals surface area (Å²) >= 11 is 0. The average Bonchev–Trinajstić information content (AvgIpc) is 3.05. The minimum Gasteiger partial charge on any atom is -0.457 e. The SMILES string of the molecule is O=C(NO)c1cn(Cc2ccc(Oc3ccccc3)cc2)nn1. The van der Waals surface area contributed by atoms with Gasteiger partial charge >= 0.3 is 0 Å². The molecule has 0 saturated carbocycles. The Balaban J connectivity index is 1.65. The number of hydrogen-bond donors (Lipinski definition) is 2.